The highest BCUT2D eigenvalue weighted by atomic mass is 16.4. The molecule has 2 aromatic rings. The van der Waals surface area contributed by atoms with E-state index >= 15 is 0 Å². The second-order valence-corrected chi connectivity index (χ2v) is 4.62. The molecular weight excluding hydrogens is 282 g/mol. The first kappa shape index (κ1) is 15.2. The Labute approximate surface area is 127 Å². The average Bonchev–Trinajstić information content (AvgIpc) is 2.55. The van der Waals surface area contributed by atoms with Crippen molar-refractivity contribution in [1.29, 1.82) is 5.26 Å². The molecule has 22 heavy (non-hydrogen) atoms. The van der Waals surface area contributed by atoms with Crippen molar-refractivity contribution in [3.63, 3.8) is 0 Å². The number of nitrogens with one attached hydrogen (secondary N) is 1. The molecule has 1 aromatic carbocycles. The van der Waals surface area contributed by atoms with E-state index in [0.29, 0.717) is 16.7 Å². The van der Waals surface area contributed by atoms with Crippen molar-refractivity contribution in [2.45, 2.75) is 12.5 Å². The molecule has 0 aliphatic heterocycles. The van der Waals surface area contributed by atoms with Crippen molar-refractivity contribution >= 4 is 11.9 Å². The van der Waals surface area contributed by atoms with Crippen molar-refractivity contribution in [1.82, 2.24) is 10.3 Å². The van der Waals surface area contributed by atoms with Crippen LogP contribution in [0.15, 0.2) is 48.8 Å². The second kappa shape index (κ2) is 6.99. The fourth-order valence-electron chi connectivity index (χ4n) is 1.95. The topological polar surface area (TPSA) is 103 Å². The lowest BCUT2D eigenvalue weighted by Gasteiger charge is -2.14. The molecular formula is C16H13N3O3. The number of rotatable bonds is 5. The number of aliphatic carboxylic acids is 1. The fourth-order valence-corrected chi connectivity index (χ4v) is 1.95. The normalized spacial score (nSPS) is 11.2. The van der Waals surface area contributed by atoms with E-state index in [1.807, 2.05) is 6.07 Å². The summed E-state index contributed by atoms with van der Waals surface area (Å²) in [7, 11) is 0. The molecule has 0 spiro atoms. The highest BCUT2D eigenvalue weighted by Gasteiger charge is 2.21. The number of amides is 1. The SMILES string of the molecule is N#Cc1cccc(C[C@H](NC(=O)c2ccncc2)C(=O)O)c1. The molecule has 1 aromatic heterocycles. The Kier molecular flexibility index (Phi) is 4.83. The van der Waals surface area contributed by atoms with E-state index in [-0.39, 0.29) is 6.42 Å². The first-order chi connectivity index (χ1) is 10.6. The van der Waals surface area contributed by atoms with Crippen LogP contribution in [0.2, 0.25) is 0 Å². The number of carboxylic acids is 1. The van der Waals surface area contributed by atoms with Gasteiger partial charge in [0.1, 0.15) is 6.04 Å². The zero-order chi connectivity index (χ0) is 15.9. The van der Waals surface area contributed by atoms with Crippen LogP contribution in [-0.2, 0) is 11.2 Å². The summed E-state index contributed by atoms with van der Waals surface area (Å²) >= 11 is 0. The lowest BCUT2D eigenvalue weighted by molar-refractivity contribution is -0.139. The molecule has 0 saturated carbocycles. The number of nitrogens with zero attached hydrogens (tertiary/aromatic N) is 2. The van der Waals surface area contributed by atoms with Crippen molar-refractivity contribution < 1.29 is 14.7 Å². The van der Waals surface area contributed by atoms with Crippen LogP contribution in [0.4, 0.5) is 0 Å². The third kappa shape index (κ3) is 3.90. The minimum atomic E-state index is -1.13. The number of benzene rings is 1. The first-order valence-electron chi connectivity index (χ1n) is 6.53. The number of carbonyl (C=O) groups excluding carboxylic acids is 1. The van der Waals surface area contributed by atoms with Crippen molar-refractivity contribution in [2.24, 2.45) is 0 Å². The molecule has 0 bridgehead atoms. The number of pyridine rings is 1. The summed E-state index contributed by atoms with van der Waals surface area (Å²) in [5.74, 6) is -1.61. The minimum Gasteiger partial charge on any atom is -0.480 e. The summed E-state index contributed by atoms with van der Waals surface area (Å²) in [4.78, 5) is 27.2. The highest BCUT2D eigenvalue weighted by Crippen LogP contribution is 2.08. The van der Waals surface area contributed by atoms with E-state index in [4.69, 9.17) is 5.26 Å². The predicted octanol–water partition coefficient (Wildman–Crippen LogP) is 1.38. The number of aromatic nitrogens is 1. The van der Waals surface area contributed by atoms with Gasteiger partial charge in [-0.05, 0) is 29.8 Å². The quantitative estimate of drug-likeness (QED) is 0.867. The highest BCUT2D eigenvalue weighted by molar-refractivity contribution is 5.96. The summed E-state index contributed by atoms with van der Waals surface area (Å²) < 4.78 is 0. The average molecular weight is 295 g/mol. The molecule has 110 valence electrons. The molecule has 0 unspecified atom stereocenters. The van der Waals surface area contributed by atoms with Crippen LogP contribution in [0.3, 0.4) is 0 Å². The van der Waals surface area contributed by atoms with E-state index in [1.165, 1.54) is 24.5 Å². The number of nitriles is 1. The van der Waals surface area contributed by atoms with Crippen LogP contribution in [-0.4, -0.2) is 28.0 Å². The summed E-state index contributed by atoms with van der Waals surface area (Å²) in [6.45, 7) is 0. The molecule has 6 nitrogen and oxygen atoms in total. The third-order valence-corrected chi connectivity index (χ3v) is 3.04. The Hall–Kier alpha value is -3.20. The lowest BCUT2D eigenvalue weighted by atomic mass is 10.0. The molecule has 0 fully saturated rings. The van der Waals surface area contributed by atoms with Crippen LogP contribution in [0.25, 0.3) is 0 Å². The van der Waals surface area contributed by atoms with E-state index in [0.717, 1.165) is 0 Å². The molecule has 1 amide bonds. The third-order valence-electron chi connectivity index (χ3n) is 3.04. The van der Waals surface area contributed by atoms with Gasteiger partial charge in [0.2, 0.25) is 0 Å². The Morgan fingerprint density at radius 2 is 2.00 bits per heavy atom. The van der Waals surface area contributed by atoms with Gasteiger partial charge in [0.05, 0.1) is 11.6 Å². The zero-order valence-electron chi connectivity index (χ0n) is 11.6. The number of carboxylic acid groups (broad SMARTS) is 1. The maximum atomic E-state index is 12.0. The summed E-state index contributed by atoms with van der Waals surface area (Å²) in [5, 5.41) is 20.6. The van der Waals surface area contributed by atoms with Crippen molar-refractivity contribution in [3.05, 3.63) is 65.5 Å². The summed E-state index contributed by atoms with van der Waals surface area (Å²) in [6.07, 6.45) is 3.02. The first-order valence-corrected chi connectivity index (χ1v) is 6.53. The van der Waals surface area contributed by atoms with Gasteiger partial charge in [-0.3, -0.25) is 9.78 Å². The Morgan fingerprint density at radius 1 is 1.27 bits per heavy atom. The van der Waals surface area contributed by atoms with Crippen LogP contribution >= 0.6 is 0 Å². The van der Waals surface area contributed by atoms with Gasteiger partial charge < -0.3 is 10.4 Å². The van der Waals surface area contributed by atoms with Gasteiger partial charge in [0, 0.05) is 24.4 Å². The van der Waals surface area contributed by atoms with Crippen molar-refractivity contribution in [3.8, 4) is 6.07 Å². The standard InChI is InChI=1S/C16H13N3O3/c17-10-12-3-1-2-11(8-12)9-14(16(21)22)19-15(20)13-4-6-18-7-5-13/h1-8,14H,9H2,(H,19,20)(H,21,22)/t14-/m0/s1. The van der Waals surface area contributed by atoms with Gasteiger partial charge in [0.15, 0.2) is 0 Å². The molecule has 6 heteroatoms. The van der Waals surface area contributed by atoms with Crippen LogP contribution in [0.1, 0.15) is 21.5 Å². The molecule has 2 rings (SSSR count). The largest absolute Gasteiger partial charge is 0.480 e. The van der Waals surface area contributed by atoms with E-state index < -0.39 is 17.9 Å². The molecule has 1 heterocycles. The second-order valence-electron chi connectivity index (χ2n) is 4.62. The maximum absolute atomic E-state index is 12.0. The fraction of sp³-hybridized carbons (Fsp3) is 0.125. The molecule has 2 N–H and O–H groups in total. The number of hydrogen-bond acceptors (Lipinski definition) is 4. The molecule has 1 atom stereocenters. The minimum absolute atomic E-state index is 0.0989. The monoisotopic (exact) mass is 295 g/mol. The Balaban J connectivity index is 2.12. The van der Waals surface area contributed by atoms with Crippen LogP contribution in [0, 0.1) is 11.3 Å². The molecule has 0 saturated heterocycles. The summed E-state index contributed by atoms with van der Waals surface area (Å²) in [6, 6.07) is 10.6. The molecule has 0 aliphatic carbocycles. The van der Waals surface area contributed by atoms with E-state index in [9.17, 15) is 14.7 Å². The van der Waals surface area contributed by atoms with Gasteiger partial charge in [-0.25, -0.2) is 4.79 Å². The number of hydrogen-bond donors (Lipinski definition) is 2. The van der Waals surface area contributed by atoms with E-state index in [2.05, 4.69) is 10.3 Å². The summed E-state index contributed by atoms with van der Waals surface area (Å²) in [5.41, 5.74) is 1.45. The van der Waals surface area contributed by atoms with Gasteiger partial charge in [-0.1, -0.05) is 12.1 Å². The Morgan fingerprint density at radius 3 is 2.64 bits per heavy atom. The van der Waals surface area contributed by atoms with Gasteiger partial charge in [-0.2, -0.15) is 5.26 Å². The van der Waals surface area contributed by atoms with Crippen molar-refractivity contribution in [2.75, 3.05) is 0 Å². The smallest absolute Gasteiger partial charge is 0.326 e. The Bertz CT molecular complexity index is 723. The van der Waals surface area contributed by atoms with Crippen LogP contribution in [0.5, 0.6) is 0 Å². The van der Waals surface area contributed by atoms with Gasteiger partial charge in [-0.15, -0.1) is 0 Å². The molecule has 0 aliphatic rings. The van der Waals surface area contributed by atoms with E-state index in [1.54, 1.807) is 24.3 Å². The van der Waals surface area contributed by atoms with Gasteiger partial charge in [0.25, 0.3) is 5.91 Å². The van der Waals surface area contributed by atoms with Gasteiger partial charge >= 0.3 is 5.97 Å². The number of carbonyl (C=O) groups is 2. The maximum Gasteiger partial charge on any atom is 0.326 e. The predicted molar refractivity (Wildman–Crippen MR) is 78.0 cm³/mol. The molecule has 0 radical (unpaired) electrons. The zero-order valence-corrected chi connectivity index (χ0v) is 11.6. The lowest BCUT2D eigenvalue weighted by Crippen LogP contribution is -2.42. The van der Waals surface area contributed by atoms with Crippen LogP contribution < -0.4 is 5.32 Å².